The second kappa shape index (κ2) is 7.61. The van der Waals surface area contributed by atoms with E-state index in [9.17, 15) is 9.90 Å². The maximum absolute atomic E-state index is 11.5. The van der Waals surface area contributed by atoms with Crippen LogP contribution in [0, 0.1) is 5.92 Å². The zero-order valence-electron chi connectivity index (χ0n) is 16.3. The first-order chi connectivity index (χ1) is 14.2. The van der Waals surface area contributed by atoms with Crippen LogP contribution in [-0.4, -0.2) is 71.4 Å². The Morgan fingerprint density at radius 2 is 2.10 bits per heavy atom. The van der Waals surface area contributed by atoms with Gasteiger partial charge < -0.3 is 25.4 Å². The first-order valence-corrected chi connectivity index (χ1v) is 10.3. The van der Waals surface area contributed by atoms with Gasteiger partial charge in [0.15, 0.2) is 5.82 Å². The number of hydrogen-bond acceptors (Lipinski definition) is 8. The van der Waals surface area contributed by atoms with Crippen molar-refractivity contribution < 1.29 is 9.90 Å². The molecule has 2 aromatic rings. The molecule has 29 heavy (non-hydrogen) atoms. The first kappa shape index (κ1) is 18.3. The molecule has 8 heteroatoms. The Labute approximate surface area is 169 Å². The molecule has 2 fully saturated rings. The molecule has 0 saturated carbocycles. The molecule has 3 aliphatic rings. The van der Waals surface area contributed by atoms with Crippen molar-refractivity contribution in [2.75, 3.05) is 42.9 Å². The highest BCUT2D eigenvalue weighted by Gasteiger charge is 2.38. The zero-order chi connectivity index (χ0) is 19.8. The number of hydrogen-bond donors (Lipinski definition) is 3. The fourth-order valence-electron chi connectivity index (χ4n) is 4.83. The van der Waals surface area contributed by atoms with Crippen LogP contribution in [0.15, 0.2) is 30.3 Å². The van der Waals surface area contributed by atoms with Crippen molar-refractivity contribution in [3.05, 3.63) is 30.3 Å². The maximum atomic E-state index is 11.5. The molecule has 0 spiro atoms. The third-order valence-corrected chi connectivity index (χ3v) is 6.32. The summed E-state index contributed by atoms with van der Waals surface area (Å²) in [6.45, 7) is 4.43. The number of carbonyl (C=O) groups is 1. The molecule has 152 valence electrons. The lowest BCUT2D eigenvalue weighted by molar-refractivity contribution is -0.114. The van der Waals surface area contributed by atoms with E-state index in [0.29, 0.717) is 17.3 Å². The molecule has 0 radical (unpaired) electrons. The van der Waals surface area contributed by atoms with Crippen LogP contribution in [0.2, 0.25) is 0 Å². The lowest BCUT2D eigenvalue weighted by atomic mass is 9.95. The number of phenols is 1. The number of aromatic nitrogens is 2. The molecule has 1 unspecified atom stereocenters. The van der Waals surface area contributed by atoms with Crippen molar-refractivity contribution in [1.29, 1.82) is 0 Å². The van der Waals surface area contributed by atoms with Crippen molar-refractivity contribution in [3.8, 4) is 17.0 Å². The van der Waals surface area contributed by atoms with Crippen molar-refractivity contribution in [1.82, 2.24) is 20.4 Å². The number of benzene rings is 1. The molecule has 4 heterocycles. The Balaban J connectivity index is 1.39. The lowest BCUT2D eigenvalue weighted by Crippen LogP contribution is -2.64. The van der Waals surface area contributed by atoms with Crippen LogP contribution in [0.25, 0.3) is 11.3 Å². The Kier molecular flexibility index (Phi) is 4.81. The van der Waals surface area contributed by atoms with Gasteiger partial charge in [-0.3, -0.25) is 4.90 Å². The number of para-hydroxylation sites is 1. The summed E-state index contributed by atoms with van der Waals surface area (Å²) in [6, 6.07) is 9.51. The van der Waals surface area contributed by atoms with Crippen molar-refractivity contribution in [3.63, 3.8) is 0 Å². The van der Waals surface area contributed by atoms with Crippen LogP contribution in [0.3, 0.4) is 0 Å². The molecule has 1 aromatic heterocycles. The molecule has 5 rings (SSSR count). The fraction of sp³-hybridized carbons (Fsp3) is 0.476. The van der Waals surface area contributed by atoms with Gasteiger partial charge in [-0.2, -0.15) is 0 Å². The summed E-state index contributed by atoms with van der Waals surface area (Å²) in [5.41, 5.74) is 2.38. The molecule has 3 atom stereocenters. The van der Waals surface area contributed by atoms with Crippen LogP contribution in [0.5, 0.6) is 5.75 Å². The SMILES string of the molecule is O=CC1CCCN[C@H]1N1CCN2c3cc(-c4ccccc4O)nnc3NC[C@H]2C1. The van der Waals surface area contributed by atoms with Crippen LogP contribution < -0.4 is 15.5 Å². The molecule has 1 aromatic carbocycles. The summed E-state index contributed by atoms with van der Waals surface area (Å²) in [6.07, 6.45) is 3.28. The number of piperazine rings is 1. The summed E-state index contributed by atoms with van der Waals surface area (Å²) in [5, 5.41) is 25.8. The van der Waals surface area contributed by atoms with Crippen LogP contribution in [0.4, 0.5) is 11.5 Å². The molecule has 8 nitrogen and oxygen atoms in total. The number of anilines is 2. The average Bonchev–Trinajstić information content (AvgIpc) is 2.78. The van der Waals surface area contributed by atoms with Gasteiger partial charge >= 0.3 is 0 Å². The molecule has 0 aliphatic carbocycles. The van der Waals surface area contributed by atoms with E-state index in [-0.39, 0.29) is 17.8 Å². The Hall–Kier alpha value is -2.71. The molecule has 3 aliphatic heterocycles. The smallest absolute Gasteiger partial charge is 0.172 e. The highest BCUT2D eigenvalue weighted by atomic mass is 16.3. The molecule has 0 bridgehead atoms. The second-order valence-corrected chi connectivity index (χ2v) is 8.04. The van der Waals surface area contributed by atoms with Gasteiger partial charge in [0, 0.05) is 37.7 Å². The number of phenolic OH excluding ortho intramolecular Hbond substituents is 1. The van der Waals surface area contributed by atoms with Gasteiger partial charge in [0.1, 0.15) is 12.0 Å². The minimum atomic E-state index is 0.0673. The topological polar surface area (TPSA) is 93.6 Å². The average molecular weight is 394 g/mol. The molecular weight excluding hydrogens is 368 g/mol. The van der Waals surface area contributed by atoms with Crippen molar-refractivity contribution in [2.24, 2.45) is 5.92 Å². The third kappa shape index (κ3) is 3.32. The van der Waals surface area contributed by atoms with E-state index >= 15 is 0 Å². The number of aromatic hydroxyl groups is 1. The quantitative estimate of drug-likeness (QED) is 0.671. The van der Waals surface area contributed by atoms with Gasteiger partial charge in [-0.15, -0.1) is 10.2 Å². The minimum Gasteiger partial charge on any atom is -0.507 e. The number of aldehydes is 1. The number of rotatable bonds is 3. The Morgan fingerprint density at radius 3 is 2.97 bits per heavy atom. The first-order valence-electron chi connectivity index (χ1n) is 10.3. The number of nitrogens with one attached hydrogen (secondary N) is 2. The van der Waals surface area contributed by atoms with Gasteiger partial charge in [0.2, 0.25) is 0 Å². The molecule has 0 amide bonds. The standard InChI is InChI=1S/C21H26N6O2/c28-13-14-4-3-7-22-21(14)26-8-9-27-15(12-26)11-23-20-18(27)10-17(24-25-20)16-5-1-2-6-19(16)29/h1-2,5-6,10,13-15,21-22,29H,3-4,7-9,11-12H2,(H,23,25)/t14?,15-,21-/m0/s1. The van der Waals surface area contributed by atoms with Crippen molar-refractivity contribution >= 4 is 17.8 Å². The molecular formula is C21H26N6O2. The lowest BCUT2D eigenvalue weighted by Gasteiger charge is -2.49. The minimum absolute atomic E-state index is 0.0673. The van der Waals surface area contributed by atoms with E-state index in [1.807, 2.05) is 18.2 Å². The summed E-state index contributed by atoms with van der Waals surface area (Å²) in [4.78, 5) is 16.3. The van der Waals surface area contributed by atoms with Gasteiger partial charge in [-0.05, 0) is 37.6 Å². The predicted molar refractivity (Wildman–Crippen MR) is 111 cm³/mol. The summed E-state index contributed by atoms with van der Waals surface area (Å²) >= 11 is 0. The fourth-order valence-corrected chi connectivity index (χ4v) is 4.83. The summed E-state index contributed by atoms with van der Waals surface area (Å²) < 4.78 is 0. The van der Waals surface area contributed by atoms with E-state index in [2.05, 4.69) is 30.6 Å². The van der Waals surface area contributed by atoms with Gasteiger partial charge in [-0.25, -0.2) is 0 Å². The number of piperidine rings is 1. The summed E-state index contributed by atoms with van der Waals surface area (Å²) in [5.74, 6) is 1.06. The van der Waals surface area contributed by atoms with E-state index in [0.717, 1.165) is 63.4 Å². The van der Waals surface area contributed by atoms with Gasteiger partial charge in [-0.1, -0.05) is 12.1 Å². The van der Waals surface area contributed by atoms with Crippen LogP contribution in [0.1, 0.15) is 12.8 Å². The molecule has 2 saturated heterocycles. The highest BCUT2D eigenvalue weighted by Crippen LogP contribution is 2.36. The normalized spacial score (nSPS) is 26.9. The van der Waals surface area contributed by atoms with Crippen LogP contribution in [-0.2, 0) is 4.79 Å². The van der Waals surface area contributed by atoms with E-state index < -0.39 is 0 Å². The van der Waals surface area contributed by atoms with E-state index in [4.69, 9.17) is 0 Å². The predicted octanol–water partition coefficient (Wildman–Crippen LogP) is 1.29. The Bertz CT molecular complexity index is 906. The Morgan fingerprint density at radius 1 is 1.21 bits per heavy atom. The molecule has 3 N–H and O–H groups in total. The maximum Gasteiger partial charge on any atom is 0.172 e. The van der Waals surface area contributed by atoms with Gasteiger partial charge in [0.05, 0.1) is 23.6 Å². The largest absolute Gasteiger partial charge is 0.507 e. The van der Waals surface area contributed by atoms with E-state index in [1.165, 1.54) is 0 Å². The zero-order valence-corrected chi connectivity index (χ0v) is 16.3. The number of fused-ring (bicyclic) bond motifs is 3. The van der Waals surface area contributed by atoms with E-state index in [1.54, 1.807) is 12.1 Å². The van der Waals surface area contributed by atoms with Crippen molar-refractivity contribution in [2.45, 2.75) is 25.0 Å². The second-order valence-electron chi connectivity index (χ2n) is 8.04. The highest BCUT2D eigenvalue weighted by molar-refractivity contribution is 5.76. The summed E-state index contributed by atoms with van der Waals surface area (Å²) in [7, 11) is 0. The number of nitrogens with zero attached hydrogens (tertiary/aromatic N) is 4. The van der Waals surface area contributed by atoms with Gasteiger partial charge in [0.25, 0.3) is 0 Å². The monoisotopic (exact) mass is 394 g/mol. The number of carbonyl (C=O) groups excluding carboxylic acids is 1. The third-order valence-electron chi connectivity index (χ3n) is 6.32. The van der Waals surface area contributed by atoms with Crippen LogP contribution >= 0.6 is 0 Å².